The van der Waals surface area contributed by atoms with E-state index in [2.05, 4.69) is 5.32 Å². The largest absolute Gasteiger partial charge is 0.354 e. The zero-order valence-corrected chi connectivity index (χ0v) is 7.75. The molecule has 0 aliphatic carbocycles. The molecule has 1 aliphatic rings. The van der Waals surface area contributed by atoms with Gasteiger partial charge in [0.1, 0.15) is 0 Å². The van der Waals surface area contributed by atoms with Gasteiger partial charge in [-0.25, -0.2) is 0 Å². The maximum Gasteiger partial charge on any atom is 0.239 e. The summed E-state index contributed by atoms with van der Waals surface area (Å²) in [5.41, 5.74) is 5.46. The van der Waals surface area contributed by atoms with E-state index in [-0.39, 0.29) is 11.8 Å². The normalized spacial score (nSPS) is 20.5. The lowest BCUT2D eigenvalue weighted by atomic mass is 10.3. The number of amides is 2. The van der Waals surface area contributed by atoms with Crippen molar-refractivity contribution in [3.05, 3.63) is 0 Å². The molecule has 1 aliphatic heterocycles. The van der Waals surface area contributed by atoms with Gasteiger partial charge in [0.05, 0.1) is 6.04 Å². The molecule has 0 aromatic heterocycles. The third-order valence-corrected chi connectivity index (χ3v) is 2.01. The van der Waals surface area contributed by atoms with Gasteiger partial charge in [0.25, 0.3) is 0 Å². The lowest BCUT2D eigenvalue weighted by Crippen LogP contribution is -2.43. The molecule has 0 bridgehead atoms. The van der Waals surface area contributed by atoms with E-state index in [1.54, 1.807) is 11.8 Å². The molecule has 1 saturated heterocycles. The minimum absolute atomic E-state index is 0.0000236. The second kappa shape index (κ2) is 4.23. The first kappa shape index (κ1) is 9.98. The smallest absolute Gasteiger partial charge is 0.239 e. The molecule has 1 rings (SSSR count). The fraction of sp³-hybridized carbons (Fsp3) is 0.750. The van der Waals surface area contributed by atoms with Gasteiger partial charge in [-0.05, 0) is 6.92 Å². The van der Waals surface area contributed by atoms with Crippen LogP contribution in [0.15, 0.2) is 0 Å². The molecule has 0 aromatic carbocycles. The van der Waals surface area contributed by atoms with Crippen LogP contribution in [0, 0.1) is 0 Å². The zero-order chi connectivity index (χ0) is 9.84. The number of carbonyl (C=O) groups is 2. The summed E-state index contributed by atoms with van der Waals surface area (Å²) in [6.07, 6.45) is 0.373. The van der Waals surface area contributed by atoms with E-state index in [0.717, 1.165) is 0 Å². The van der Waals surface area contributed by atoms with Crippen LogP contribution in [-0.4, -0.2) is 42.4 Å². The first-order valence-corrected chi connectivity index (χ1v) is 4.42. The number of nitrogens with zero attached hydrogens (tertiary/aromatic N) is 1. The summed E-state index contributed by atoms with van der Waals surface area (Å²) in [7, 11) is 0. The van der Waals surface area contributed by atoms with E-state index in [9.17, 15) is 9.59 Å². The molecule has 13 heavy (non-hydrogen) atoms. The number of hydrogen-bond acceptors (Lipinski definition) is 3. The van der Waals surface area contributed by atoms with Gasteiger partial charge in [-0.1, -0.05) is 0 Å². The fourth-order valence-corrected chi connectivity index (χ4v) is 1.28. The molecule has 5 heteroatoms. The summed E-state index contributed by atoms with van der Waals surface area (Å²) in [5, 5.41) is 2.69. The van der Waals surface area contributed by atoms with Gasteiger partial charge >= 0.3 is 0 Å². The Bertz CT molecular complexity index is 215. The van der Waals surface area contributed by atoms with Crippen LogP contribution in [0.25, 0.3) is 0 Å². The first-order valence-electron chi connectivity index (χ1n) is 4.42. The lowest BCUT2D eigenvalue weighted by Gasteiger charge is -2.21. The van der Waals surface area contributed by atoms with E-state index < -0.39 is 6.04 Å². The Morgan fingerprint density at radius 3 is 2.92 bits per heavy atom. The standard InChI is InChI=1S/C8H15N3O2/c1-6(9)8(13)11-4-2-7(12)10-3-5-11/h6H,2-5,9H2,1H3,(H,10,12)/t6-/m0/s1. The second-order valence-corrected chi connectivity index (χ2v) is 3.21. The van der Waals surface area contributed by atoms with Crippen LogP contribution in [0.1, 0.15) is 13.3 Å². The van der Waals surface area contributed by atoms with E-state index in [0.29, 0.717) is 26.1 Å². The van der Waals surface area contributed by atoms with Crippen LogP contribution >= 0.6 is 0 Å². The maximum absolute atomic E-state index is 11.4. The van der Waals surface area contributed by atoms with Crippen molar-refractivity contribution in [3.8, 4) is 0 Å². The Kier molecular flexibility index (Phi) is 3.25. The van der Waals surface area contributed by atoms with Crippen molar-refractivity contribution < 1.29 is 9.59 Å². The van der Waals surface area contributed by atoms with Crippen molar-refractivity contribution in [2.24, 2.45) is 5.73 Å². The van der Waals surface area contributed by atoms with Crippen molar-refractivity contribution in [2.45, 2.75) is 19.4 Å². The second-order valence-electron chi connectivity index (χ2n) is 3.21. The summed E-state index contributed by atoms with van der Waals surface area (Å²) in [6.45, 7) is 3.22. The fourth-order valence-electron chi connectivity index (χ4n) is 1.28. The average molecular weight is 185 g/mol. The summed E-state index contributed by atoms with van der Waals surface area (Å²) in [4.78, 5) is 24.0. The number of hydrogen-bond donors (Lipinski definition) is 2. The Balaban J connectivity index is 2.51. The third-order valence-electron chi connectivity index (χ3n) is 2.01. The van der Waals surface area contributed by atoms with Crippen LogP contribution in [0.2, 0.25) is 0 Å². The van der Waals surface area contributed by atoms with Gasteiger partial charge in [0.15, 0.2) is 0 Å². The Morgan fingerprint density at radius 2 is 2.31 bits per heavy atom. The monoisotopic (exact) mass is 185 g/mol. The van der Waals surface area contributed by atoms with Gasteiger partial charge < -0.3 is 16.0 Å². The molecule has 5 nitrogen and oxygen atoms in total. The van der Waals surface area contributed by atoms with Crippen LogP contribution in [0.4, 0.5) is 0 Å². The number of rotatable bonds is 1. The molecule has 1 atom stereocenters. The van der Waals surface area contributed by atoms with Crippen LogP contribution < -0.4 is 11.1 Å². The SMILES string of the molecule is C[C@H](N)C(=O)N1CCNC(=O)CC1. The molecule has 3 N–H and O–H groups in total. The molecule has 0 aromatic rings. The number of carbonyl (C=O) groups excluding carboxylic acids is 2. The van der Waals surface area contributed by atoms with Gasteiger partial charge in [0.2, 0.25) is 11.8 Å². The molecular formula is C8H15N3O2. The van der Waals surface area contributed by atoms with Crippen molar-refractivity contribution in [2.75, 3.05) is 19.6 Å². The molecule has 0 spiro atoms. The van der Waals surface area contributed by atoms with Crippen LogP contribution in [0.3, 0.4) is 0 Å². The van der Waals surface area contributed by atoms with Crippen molar-refractivity contribution in [1.29, 1.82) is 0 Å². The van der Waals surface area contributed by atoms with Crippen molar-refractivity contribution >= 4 is 11.8 Å². The van der Waals surface area contributed by atoms with Crippen LogP contribution in [-0.2, 0) is 9.59 Å². The molecular weight excluding hydrogens is 170 g/mol. The highest BCUT2D eigenvalue weighted by atomic mass is 16.2. The highest BCUT2D eigenvalue weighted by molar-refractivity contribution is 5.83. The van der Waals surface area contributed by atoms with E-state index >= 15 is 0 Å². The zero-order valence-electron chi connectivity index (χ0n) is 7.75. The maximum atomic E-state index is 11.4. The Hall–Kier alpha value is -1.10. The van der Waals surface area contributed by atoms with Crippen LogP contribution in [0.5, 0.6) is 0 Å². The van der Waals surface area contributed by atoms with Gasteiger partial charge in [-0.2, -0.15) is 0 Å². The van der Waals surface area contributed by atoms with Gasteiger partial charge in [0, 0.05) is 26.1 Å². The minimum Gasteiger partial charge on any atom is -0.354 e. The summed E-state index contributed by atoms with van der Waals surface area (Å²) in [6, 6.07) is -0.479. The molecule has 0 saturated carbocycles. The Labute approximate surface area is 77.3 Å². The van der Waals surface area contributed by atoms with E-state index in [4.69, 9.17) is 5.73 Å². The topological polar surface area (TPSA) is 75.4 Å². The predicted octanol–water partition coefficient (Wildman–Crippen LogP) is -1.32. The summed E-state index contributed by atoms with van der Waals surface area (Å²) in [5.74, 6) is -0.0866. The summed E-state index contributed by atoms with van der Waals surface area (Å²) >= 11 is 0. The summed E-state index contributed by atoms with van der Waals surface area (Å²) < 4.78 is 0. The third kappa shape index (κ3) is 2.69. The van der Waals surface area contributed by atoms with E-state index in [1.807, 2.05) is 0 Å². The molecule has 74 valence electrons. The van der Waals surface area contributed by atoms with Crippen molar-refractivity contribution in [3.63, 3.8) is 0 Å². The van der Waals surface area contributed by atoms with Crippen molar-refractivity contribution in [1.82, 2.24) is 10.2 Å². The van der Waals surface area contributed by atoms with Gasteiger partial charge in [-0.3, -0.25) is 9.59 Å². The molecule has 2 amide bonds. The van der Waals surface area contributed by atoms with Gasteiger partial charge in [-0.15, -0.1) is 0 Å². The predicted molar refractivity (Wildman–Crippen MR) is 47.9 cm³/mol. The minimum atomic E-state index is -0.479. The molecule has 1 fully saturated rings. The van der Waals surface area contributed by atoms with E-state index in [1.165, 1.54) is 0 Å². The first-order chi connectivity index (χ1) is 6.11. The molecule has 0 unspecified atom stereocenters. The highest BCUT2D eigenvalue weighted by Crippen LogP contribution is 1.98. The number of nitrogens with one attached hydrogen (secondary N) is 1. The number of nitrogens with two attached hydrogens (primary N) is 1. The average Bonchev–Trinajstić information content (AvgIpc) is 2.28. The quantitative estimate of drug-likeness (QED) is 0.532. The Morgan fingerprint density at radius 1 is 1.62 bits per heavy atom. The lowest BCUT2D eigenvalue weighted by molar-refractivity contribution is -0.132. The molecule has 0 radical (unpaired) electrons. The molecule has 1 heterocycles. The highest BCUT2D eigenvalue weighted by Gasteiger charge is 2.20.